The lowest BCUT2D eigenvalue weighted by Crippen LogP contribution is -2.31. The largest absolute Gasteiger partial charge is 0.496 e. The number of ether oxygens (including phenoxy) is 1. The highest BCUT2D eigenvalue weighted by molar-refractivity contribution is 5.92. The van der Waals surface area contributed by atoms with Gasteiger partial charge >= 0.3 is 0 Å². The van der Waals surface area contributed by atoms with E-state index < -0.39 is 17.8 Å². The first-order valence-electron chi connectivity index (χ1n) is 7.68. The smallest absolute Gasteiger partial charge is 0.272 e. The van der Waals surface area contributed by atoms with Crippen molar-refractivity contribution in [1.82, 2.24) is 15.1 Å². The van der Waals surface area contributed by atoms with E-state index in [4.69, 9.17) is 4.74 Å². The van der Waals surface area contributed by atoms with Crippen molar-refractivity contribution in [2.45, 2.75) is 32.9 Å². The van der Waals surface area contributed by atoms with Crippen LogP contribution in [0.4, 0.5) is 4.39 Å². The summed E-state index contributed by atoms with van der Waals surface area (Å²) in [5, 5.41) is 6.80. The second kappa shape index (κ2) is 7.72. The molecule has 1 amide bonds. The van der Waals surface area contributed by atoms with Gasteiger partial charge in [0.1, 0.15) is 17.3 Å². The number of carbonyl (C=O) groups is 1. The van der Waals surface area contributed by atoms with Gasteiger partial charge in [0.05, 0.1) is 13.2 Å². The molecule has 6 nitrogen and oxygen atoms in total. The van der Waals surface area contributed by atoms with Crippen LogP contribution in [0.15, 0.2) is 35.1 Å². The lowest BCUT2D eigenvalue weighted by molar-refractivity contribution is 0.0931. The van der Waals surface area contributed by atoms with Crippen LogP contribution < -0.4 is 15.6 Å². The van der Waals surface area contributed by atoms with Gasteiger partial charge in [0.25, 0.3) is 11.5 Å². The van der Waals surface area contributed by atoms with E-state index in [1.54, 1.807) is 6.92 Å². The maximum atomic E-state index is 13.5. The third-order valence-electron chi connectivity index (χ3n) is 3.54. The lowest BCUT2D eigenvalue weighted by Gasteiger charge is -2.17. The summed E-state index contributed by atoms with van der Waals surface area (Å²) in [6.45, 7) is 4.07. The first-order chi connectivity index (χ1) is 11.5. The Kier molecular flexibility index (Phi) is 5.68. The van der Waals surface area contributed by atoms with Crippen LogP contribution >= 0.6 is 0 Å². The number of hydrogen-bond acceptors (Lipinski definition) is 4. The van der Waals surface area contributed by atoms with Crippen molar-refractivity contribution in [2.75, 3.05) is 7.11 Å². The quantitative estimate of drug-likeness (QED) is 0.880. The molecule has 7 heteroatoms. The molecule has 0 bridgehead atoms. The zero-order valence-electron chi connectivity index (χ0n) is 13.9. The van der Waals surface area contributed by atoms with Gasteiger partial charge < -0.3 is 10.1 Å². The zero-order valence-corrected chi connectivity index (χ0v) is 13.9. The van der Waals surface area contributed by atoms with Crippen molar-refractivity contribution in [3.63, 3.8) is 0 Å². The number of amides is 1. The monoisotopic (exact) mass is 333 g/mol. The number of nitrogens with one attached hydrogen (secondary N) is 1. The fraction of sp³-hybridized carbons (Fsp3) is 0.353. The van der Waals surface area contributed by atoms with Crippen LogP contribution in [0.1, 0.15) is 42.4 Å². The lowest BCUT2D eigenvalue weighted by atomic mass is 10.1. The van der Waals surface area contributed by atoms with E-state index in [1.807, 2.05) is 6.92 Å². The fourth-order valence-corrected chi connectivity index (χ4v) is 2.33. The summed E-state index contributed by atoms with van der Waals surface area (Å²) in [5.41, 5.74) is 0.395. The first kappa shape index (κ1) is 17.7. The van der Waals surface area contributed by atoms with Crippen LogP contribution in [0.25, 0.3) is 0 Å². The summed E-state index contributed by atoms with van der Waals surface area (Å²) in [6, 6.07) is 6.31. The van der Waals surface area contributed by atoms with E-state index in [0.29, 0.717) is 17.9 Å². The Bertz CT molecular complexity index is 789. The average Bonchev–Trinajstić information content (AvgIpc) is 2.56. The molecule has 1 aromatic heterocycles. The molecule has 0 saturated carbocycles. The number of rotatable bonds is 6. The summed E-state index contributed by atoms with van der Waals surface area (Å²) in [6.07, 6.45) is 0.731. The van der Waals surface area contributed by atoms with Gasteiger partial charge in [-0.2, -0.15) is 5.10 Å². The predicted octanol–water partition coefficient (Wildman–Crippen LogP) is 2.29. The Hall–Kier alpha value is -2.70. The molecule has 1 N–H and O–H groups in total. The SMILES string of the molecule is CCCn1nc(C(=O)NC(C)c2cc(F)ccc2OC)ccc1=O. The molecular weight excluding hydrogens is 313 g/mol. The number of carbonyl (C=O) groups excluding carboxylic acids is 1. The van der Waals surface area contributed by atoms with Gasteiger partial charge in [-0.15, -0.1) is 0 Å². The second-order valence-electron chi connectivity index (χ2n) is 5.36. The molecule has 1 atom stereocenters. The Morgan fingerprint density at radius 3 is 2.79 bits per heavy atom. The van der Waals surface area contributed by atoms with Crippen LogP contribution in [0.3, 0.4) is 0 Å². The zero-order chi connectivity index (χ0) is 17.7. The van der Waals surface area contributed by atoms with E-state index in [-0.39, 0.29) is 11.3 Å². The molecule has 0 spiro atoms. The van der Waals surface area contributed by atoms with E-state index in [0.717, 1.165) is 6.42 Å². The summed E-state index contributed by atoms with van der Waals surface area (Å²) < 4.78 is 19.9. The summed E-state index contributed by atoms with van der Waals surface area (Å²) in [4.78, 5) is 24.0. The summed E-state index contributed by atoms with van der Waals surface area (Å²) >= 11 is 0. The molecule has 128 valence electrons. The van der Waals surface area contributed by atoms with Crippen LogP contribution in [-0.2, 0) is 6.54 Å². The number of nitrogens with zero attached hydrogens (tertiary/aromatic N) is 2. The highest BCUT2D eigenvalue weighted by Crippen LogP contribution is 2.25. The highest BCUT2D eigenvalue weighted by Gasteiger charge is 2.17. The number of aromatic nitrogens is 2. The first-order valence-corrected chi connectivity index (χ1v) is 7.68. The van der Waals surface area contributed by atoms with Crippen LogP contribution in [-0.4, -0.2) is 22.8 Å². The molecule has 0 aliphatic heterocycles. The van der Waals surface area contributed by atoms with E-state index in [9.17, 15) is 14.0 Å². The molecule has 0 fully saturated rings. The number of methoxy groups -OCH3 is 1. The van der Waals surface area contributed by atoms with E-state index in [2.05, 4.69) is 10.4 Å². The molecule has 1 heterocycles. The minimum Gasteiger partial charge on any atom is -0.496 e. The number of aryl methyl sites for hydroxylation is 1. The maximum Gasteiger partial charge on any atom is 0.272 e. The van der Waals surface area contributed by atoms with Crippen LogP contribution in [0.2, 0.25) is 0 Å². The van der Waals surface area contributed by atoms with E-state index in [1.165, 1.54) is 42.1 Å². The third-order valence-corrected chi connectivity index (χ3v) is 3.54. The van der Waals surface area contributed by atoms with Crippen molar-refractivity contribution >= 4 is 5.91 Å². The third kappa shape index (κ3) is 3.98. The Morgan fingerprint density at radius 1 is 1.38 bits per heavy atom. The van der Waals surface area contributed by atoms with Gasteiger partial charge in [0, 0.05) is 18.2 Å². The van der Waals surface area contributed by atoms with E-state index >= 15 is 0 Å². The maximum absolute atomic E-state index is 13.5. The van der Waals surface area contributed by atoms with Crippen LogP contribution in [0.5, 0.6) is 5.75 Å². The molecular formula is C17H20FN3O3. The Morgan fingerprint density at radius 2 is 2.12 bits per heavy atom. The standard InChI is InChI=1S/C17H20FN3O3/c1-4-9-21-16(22)8-6-14(20-21)17(23)19-11(2)13-10-12(18)5-7-15(13)24-3/h5-8,10-11H,4,9H2,1-3H3,(H,19,23). The topological polar surface area (TPSA) is 73.2 Å². The van der Waals surface area contributed by atoms with Gasteiger partial charge in [-0.25, -0.2) is 9.07 Å². The summed E-state index contributed by atoms with van der Waals surface area (Å²) in [5.74, 6) is -0.381. The highest BCUT2D eigenvalue weighted by atomic mass is 19.1. The van der Waals surface area contributed by atoms with Gasteiger partial charge in [-0.1, -0.05) is 6.92 Å². The molecule has 0 aliphatic carbocycles. The minimum atomic E-state index is -0.489. The van der Waals surface area contributed by atoms with Crippen molar-refractivity contribution in [1.29, 1.82) is 0 Å². The van der Waals surface area contributed by atoms with Crippen molar-refractivity contribution < 1.29 is 13.9 Å². The van der Waals surface area contributed by atoms with Crippen molar-refractivity contribution in [3.8, 4) is 5.75 Å². The summed E-state index contributed by atoms with van der Waals surface area (Å²) in [7, 11) is 1.48. The molecule has 1 aromatic carbocycles. The number of halogens is 1. The number of benzene rings is 1. The van der Waals surface area contributed by atoms with Gasteiger partial charge in [0.15, 0.2) is 0 Å². The van der Waals surface area contributed by atoms with Gasteiger partial charge in [-0.05, 0) is 37.6 Å². The van der Waals surface area contributed by atoms with Gasteiger partial charge in [-0.3, -0.25) is 9.59 Å². The molecule has 0 aliphatic rings. The van der Waals surface area contributed by atoms with Gasteiger partial charge in [0.2, 0.25) is 0 Å². The van der Waals surface area contributed by atoms with Crippen molar-refractivity contribution in [3.05, 3.63) is 57.8 Å². The number of hydrogen-bond donors (Lipinski definition) is 1. The van der Waals surface area contributed by atoms with Crippen LogP contribution in [0, 0.1) is 5.82 Å². The molecule has 0 saturated heterocycles. The molecule has 2 rings (SSSR count). The molecule has 1 unspecified atom stereocenters. The molecule has 0 radical (unpaired) electrons. The minimum absolute atomic E-state index is 0.130. The van der Waals surface area contributed by atoms with Crippen molar-refractivity contribution in [2.24, 2.45) is 0 Å². The molecule has 2 aromatic rings. The fourth-order valence-electron chi connectivity index (χ4n) is 2.33. The molecule has 24 heavy (non-hydrogen) atoms. The normalized spacial score (nSPS) is 11.8. The second-order valence-corrected chi connectivity index (χ2v) is 5.36. The Balaban J connectivity index is 2.22. The Labute approximate surface area is 139 Å². The average molecular weight is 333 g/mol. The predicted molar refractivity (Wildman–Crippen MR) is 87.6 cm³/mol.